The zero-order chi connectivity index (χ0) is 20.9. The van der Waals surface area contributed by atoms with Crippen LogP contribution in [-0.4, -0.2) is 17.5 Å². The number of rotatable bonds is 7. The predicted molar refractivity (Wildman–Crippen MR) is 124 cm³/mol. The molecule has 1 aromatic heterocycles. The van der Waals surface area contributed by atoms with Crippen molar-refractivity contribution < 1.29 is 9.53 Å². The van der Waals surface area contributed by atoms with Crippen molar-refractivity contribution >= 4 is 44.2 Å². The zero-order valence-electron chi connectivity index (χ0n) is 16.5. The van der Waals surface area contributed by atoms with Crippen molar-refractivity contribution in [3.8, 4) is 5.75 Å². The van der Waals surface area contributed by atoms with Crippen LogP contribution >= 0.6 is 22.9 Å². The maximum absolute atomic E-state index is 13.1. The molecular formula is C24H21ClN2O2S. The highest BCUT2D eigenvalue weighted by Gasteiger charge is 2.21. The smallest absolute Gasteiger partial charge is 0.267 e. The number of carbonyl (C=O) groups excluding carboxylic acids is 1. The maximum Gasteiger partial charge on any atom is 0.267 e. The van der Waals surface area contributed by atoms with Gasteiger partial charge >= 0.3 is 0 Å². The van der Waals surface area contributed by atoms with Crippen LogP contribution in [0.1, 0.15) is 18.1 Å². The Kier molecular flexibility index (Phi) is 6.31. The summed E-state index contributed by atoms with van der Waals surface area (Å²) in [5, 5.41) is 1.30. The quantitative estimate of drug-likeness (QED) is 0.350. The van der Waals surface area contributed by atoms with Gasteiger partial charge in [0.15, 0.2) is 11.7 Å². The lowest BCUT2D eigenvalue weighted by Gasteiger charge is -2.20. The molecule has 3 aromatic carbocycles. The number of nitrogens with zero attached hydrogens (tertiary/aromatic N) is 2. The summed E-state index contributed by atoms with van der Waals surface area (Å²) in [6, 6.07) is 23.1. The lowest BCUT2D eigenvalue weighted by Crippen LogP contribution is -2.34. The monoisotopic (exact) mass is 436 g/mol. The van der Waals surface area contributed by atoms with E-state index >= 15 is 0 Å². The van der Waals surface area contributed by atoms with Gasteiger partial charge in [-0.3, -0.25) is 9.69 Å². The minimum atomic E-state index is -0.149. The molecular weight excluding hydrogens is 416 g/mol. The van der Waals surface area contributed by atoms with Crippen LogP contribution in [0.4, 0.5) is 5.13 Å². The molecule has 0 N–H and O–H groups in total. The Balaban J connectivity index is 1.60. The summed E-state index contributed by atoms with van der Waals surface area (Å²) in [4.78, 5) is 19.5. The summed E-state index contributed by atoms with van der Waals surface area (Å²) in [6.07, 6.45) is 0.963. The molecule has 0 aliphatic heterocycles. The molecule has 0 fully saturated rings. The minimum Gasteiger partial charge on any atom is -0.484 e. The molecule has 4 rings (SSSR count). The number of hydrogen-bond donors (Lipinski definition) is 0. The Morgan fingerprint density at radius 1 is 1.03 bits per heavy atom. The van der Waals surface area contributed by atoms with Gasteiger partial charge in [0.05, 0.1) is 16.8 Å². The molecule has 4 aromatic rings. The average Bonchev–Trinajstić information content (AvgIpc) is 3.20. The molecule has 0 bridgehead atoms. The lowest BCUT2D eigenvalue weighted by molar-refractivity contribution is -0.120. The van der Waals surface area contributed by atoms with E-state index in [1.807, 2.05) is 36.4 Å². The first-order valence-corrected chi connectivity index (χ1v) is 10.9. The van der Waals surface area contributed by atoms with E-state index in [4.69, 9.17) is 21.3 Å². The molecule has 4 nitrogen and oxygen atoms in total. The first kappa shape index (κ1) is 20.4. The molecule has 0 saturated heterocycles. The molecule has 0 radical (unpaired) electrons. The topological polar surface area (TPSA) is 42.4 Å². The second-order valence-corrected chi connectivity index (χ2v) is 8.31. The van der Waals surface area contributed by atoms with E-state index in [1.165, 1.54) is 16.9 Å². The highest BCUT2D eigenvalue weighted by molar-refractivity contribution is 7.22. The SMILES string of the molecule is CCc1ccc2nc(N(Cc3ccccc3)C(=O)COc3ccc(Cl)cc3)sc2c1. The number of benzene rings is 3. The van der Waals surface area contributed by atoms with Gasteiger partial charge in [-0.25, -0.2) is 4.98 Å². The molecule has 0 aliphatic rings. The second-order valence-electron chi connectivity index (χ2n) is 6.86. The molecule has 30 heavy (non-hydrogen) atoms. The van der Waals surface area contributed by atoms with E-state index in [-0.39, 0.29) is 12.5 Å². The van der Waals surface area contributed by atoms with Gasteiger partial charge in [0.25, 0.3) is 5.91 Å². The number of halogens is 1. The third-order valence-electron chi connectivity index (χ3n) is 4.74. The highest BCUT2D eigenvalue weighted by Crippen LogP contribution is 2.31. The maximum atomic E-state index is 13.1. The normalized spacial score (nSPS) is 10.9. The Bertz CT molecular complexity index is 1140. The number of aryl methyl sites for hydroxylation is 1. The van der Waals surface area contributed by atoms with Crippen molar-refractivity contribution in [1.82, 2.24) is 4.98 Å². The number of thiazole rings is 1. The fourth-order valence-electron chi connectivity index (χ4n) is 3.07. The van der Waals surface area contributed by atoms with Gasteiger partial charge in [-0.1, -0.05) is 66.3 Å². The van der Waals surface area contributed by atoms with Crippen LogP contribution in [0.2, 0.25) is 5.02 Å². The molecule has 0 aliphatic carbocycles. The Morgan fingerprint density at radius 3 is 2.53 bits per heavy atom. The average molecular weight is 437 g/mol. The van der Waals surface area contributed by atoms with Crippen molar-refractivity contribution in [2.24, 2.45) is 0 Å². The van der Waals surface area contributed by atoms with Gasteiger partial charge in [0, 0.05) is 5.02 Å². The Labute approximate surface area is 184 Å². The minimum absolute atomic E-state index is 0.0788. The van der Waals surface area contributed by atoms with Crippen LogP contribution in [0.15, 0.2) is 72.8 Å². The van der Waals surface area contributed by atoms with E-state index in [9.17, 15) is 4.79 Å². The summed E-state index contributed by atoms with van der Waals surface area (Å²) in [5.74, 6) is 0.452. The van der Waals surface area contributed by atoms with Crippen LogP contribution in [0, 0.1) is 0 Å². The number of hydrogen-bond acceptors (Lipinski definition) is 4. The fraction of sp³-hybridized carbons (Fsp3) is 0.167. The summed E-state index contributed by atoms with van der Waals surface area (Å²) in [6.45, 7) is 2.48. The van der Waals surface area contributed by atoms with Crippen molar-refractivity contribution in [1.29, 1.82) is 0 Å². The van der Waals surface area contributed by atoms with Crippen molar-refractivity contribution in [3.05, 3.63) is 88.9 Å². The summed E-state index contributed by atoms with van der Waals surface area (Å²) < 4.78 is 6.78. The molecule has 0 saturated carbocycles. The van der Waals surface area contributed by atoms with Crippen LogP contribution in [0.5, 0.6) is 5.75 Å². The summed E-state index contributed by atoms with van der Waals surface area (Å²) >= 11 is 7.44. The first-order valence-electron chi connectivity index (χ1n) is 9.74. The van der Waals surface area contributed by atoms with Gasteiger partial charge < -0.3 is 4.74 Å². The van der Waals surface area contributed by atoms with E-state index in [1.54, 1.807) is 29.2 Å². The summed E-state index contributed by atoms with van der Waals surface area (Å²) in [7, 11) is 0. The molecule has 0 spiro atoms. The molecule has 0 atom stereocenters. The van der Waals surface area contributed by atoms with Gasteiger partial charge in [-0.15, -0.1) is 0 Å². The van der Waals surface area contributed by atoms with Crippen LogP contribution in [0.3, 0.4) is 0 Å². The molecule has 152 valence electrons. The number of carbonyl (C=O) groups is 1. The van der Waals surface area contributed by atoms with Gasteiger partial charge in [-0.2, -0.15) is 0 Å². The Hall–Kier alpha value is -2.89. The van der Waals surface area contributed by atoms with Gasteiger partial charge in [0.2, 0.25) is 0 Å². The third-order valence-corrected chi connectivity index (χ3v) is 6.03. The highest BCUT2D eigenvalue weighted by atomic mass is 35.5. The van der Waals surface area contributed by atoms with Crippen molar-refractivity contribution in [2.75, 3.05) is 11.5 Å². The lowest BCUT2D eigenvalue weighted by atomic mass is 10.2. The van der Waals surface area contributed by atoms with Gasteiger partial charge in [-0.05, 0) is 53.9 Å². The largest absolute Gasteiger partial charge is 0.484 e. The number of ether oxygens (including phenoxy) is 1. The van der Waals surface area contributed by atoms with Gasteiger partial charge in [0.1, 0.15) is 5.75 Å². The van der Waals surface area contributed by atoms with E-state index in [2.05, 4.69) is 19.1 Å². The standard InChI is InChI=1S/C24H21ClN2O2S/c1-2-17-8-13-21-22(14-17)30-24(26-21)27(15-18-6-4-3-5-7-18)23(28)16-29-20-11-9-19(25)10-12-20/h3-14H,2,15-16H2,1H3. The van der Waals surface area contributed by atoms with Crippen LogP contribution in [-0.2, 0) is 17.8 Å². The number of anilines is 1. The van der Waals surface area contributed by atoms with Crippen LogP contribution in [0.25, 0.3) is 10.2 Å². The summed E-state index contributed by atoms with van der Waals surface area (Å²) in [5.41, 5.74) is 3.19. The van der Waals surface area contributed by atoms with Crippen molar-refractivity contribution in [2.45, 2.75) is 19.9 Å². The molecule has 1 heterocycles. The predicted octanol–water partition coefficient (Wildman–Crippen LogP) is 6.12. The van der Waals surface area contributed by atoms with E-state index < -0.39 is 0 Å². The van der Waals surface area contributed by atoms with E-state index in [0.717, 1.165) is 22.2 Å². The van der Waals surface area contributed by atoms with E-state index in [0.29, 0.717) is 22.4 Å². The zero-order valence-corrected chi connectivity index (χ0v) is 18.1. The molecule has 6 heteroatoms. The number of amides is 1. The molecule has 1 amide bonds. The number of aromatic nitrogens is 1. The van der Waals surface area contributed by atoms with Crippen molar-refractivity contribution in [3.63, 3.8) is 0 Å². The third kappa shape index (κ3) is 4.81. The molecule has 0 unspecified atom stereocenters. The second kappa shape index (κ2) is 9.28. The fourth-order valence-corrected chi connectivity index (χ4v) is 4.25. The van der Waals surface area contributed by atoms with Crippen LogP contribution < -0.4 is 9.64 Å². The number of fused-ring (bicyclic) bond motifs is 1. The first-order chi connectivity index (χ1) is 14.6. The Morgan fingerprint density at radius 2 is 1.80 bits per heavy atom.